The van der Waals surface area contributed by atoms with E-state index in [4.69, 9.17) is 0 Å². The zero-order valence-corrected chi connectivity index (χ0v) is 13.9. The molecule has 116 valence electrons. The van der Waals surface area contributed by atoms with Crippen molar-refractivity contribution in [2.75, 3.05) is 0 Å². The Bertz CT molecular complexity index is 648. The van der Waals surface area contributed by atoms with Crippen molar-refractivity contribution in [1.29, 1.82) is 0 Å². The Kier molecular flexibility index (Phi) is 5.31. The summed E-state index contributed by atoms with van der Waals surface area (Å²) in [5.41, 5.74) is 3.58. The number of imidazole rings is 1. The van der Waals surface area contributed by atoms with Crippen molar-refractivity contribution in [1.82, 2.24) is 15.0 Å². The lowest BCUT2D eigenvalue weighted by Gasteiger charge is -2.21. The van der Waals surface area contributed by atoms with Crippen molar-refractivity contribution in [3.63, 3.8) is 0 Å². The lowest BCUT2D eigenvalue weighted by atomic mass is 9.84. The molecular weight excluding hydrogens is 270 g/mol. The van der Waals surface area contributed by atoms with Crippen molar-refractivity contribution in [2.45, 2.75) is 40.5 Å². The van der Waals surface area contributed by atoms with Gasteiger partial charge in [0, 0.05) is 6.20 Å². The molecule has 0 saturated heterocycles. The molecule has 2 heterocycles. The van der Waals surface area contributed by atoms with Gasteiger partial charge in [0.1, 0.15) is 5.82 Å². The van der Waals surface area contributed by atoms with Crippen LogP contribution in [0.3, 0.4) is 0 Å². The number of pyridine rings is 1. The highest BCUT2D eigenvalue weighted by Crippen LogP contribution is 2.28. The minimum Gasteiger partial charge on any atom is -0.343 e. The molecule has 2 rings (SSSR count). The quantitative estimate of drug-likeness (QED) is 0.811. The van der Waals surface area contributed by atoms with E-state index in [1.54, 1.807) is 0 Å². The average Bonchev–Trinajstić information content (AvgIpc) is 2.91. The third kappa shape index (κ3) is 4.99. The topological polar surface area (TPSA) is 41.6 Å². The van der Waals surface area contributed by atoms with Crippen LogP contribution in [0.25, 0.3) is 11.6 Å². The highest BCUT2D eigenvalue weighted by atomic mass is 14.9. The largest absolute Gasteiger partial charge is 0.343 e. The second kappa shape index (κ2) is 7.21. The van der Waals surface area contributed by atoms with Crippen LogP contribution in [0.5, 0.6) is 0 Å². The molecule has 0 aliphatic heterocycles. The van der Waals surface area contributed by atoms with Gasteiger partial charge in [-0.25, -0.2) is 4.98 Å². The van der Waals surface area contributed by atoms with E-state index in [1.165, 1.54) is 5.57 Å². The van der Waals surface area contributed by atoms with E-state index in [0.717, 1.165) is 30.1 Å². The Balaban J connectivity index is 1.92. The maximum atomic E-state index is 4.39. The number of rotatable bonds is 6. The van der Waals surface area contributed by atoms with Gasteiger partial charge in [-0.15, -0.1) is 0 Å². The van der Waals surface area contributed by atoms with E-state index in [9.17, 15) is 0 Å². The summed E-state index contributed by atoms with van der Waals surface area (Å²) in [4.78, 5) is 11.8. The molecule has 2 aromatic rings. The first kappa shape index (κ1) is 16.2. The summed E-state index contributed by atoms with van der Waals surface area (Å²) in [6.45, 7) is 8.67. The van der Waals surface area contributed by atoms with Crippen LogP contribution in [0.4, 0.5) is 0 Å². The number of allylic oxidation sites excluding steroid dienone is 3. The molecular formula is C19H25N3. The lowest BCUT2D eigenvalue weighted by Crippen LogP contribution is -2.08. The monoisotopic (exact) mass is 295 g/mol. The van der Waals surface area contributed by atoms with E-state index in [1.807, 2.05) is 31.5 Å². The number of hydrogen-bond acceptors (Lipinski definition) is 2. The molecule has 3 nitrogen and oxygen atoms in total. The summed E-state index contributed by atoms with van der Waals surface area (Å²) < 4.78 is 0. The molecule has 0 spiro atoms. The first-order valence-electron chi connectivity index (χ1n) is 7.73. The van der Waals surface area contributed by atoms with E-state index >= 15 is 0 Å². The first-order valence-corrected chi connectivity index (χ1v) is 7.73. The van der Waals surface area contributed by atoms with Crippen LogP contribution in [0, 0.1) is 12.3 Å². The highest BCUT2D eigenvalue weighted by molar-refractivity contribution is 5.60. The Morgan fingerprint density at radius 3 is 2.68 bits per heavy atom. The summed E-state index contributed by atoms with van der Waals surface area (Å²) in [5, 5.41) is 0. The van der Waals surface area contributed by atoms with Gasteiger partial charge in [-0.1, -0.05) is 32.1 Å². The van der Waals surface area contributed by atoms with E-state index in [0.29, 0.717) is 0 Å². The van der Waals surface area contributed by atoms with Gasteiger partial charge in [0.15, 0.2) is 0 Å². The molecule has 0 bridgehead atoms. The molecule has 0 atom stereocenters. The van der Waals surface area contributed by atoms with Gasteiger partial charge in [0.2, 0.25) is 0 Å². The predicted octanol–water partition coefficient (Wildman–Crippen LogP) is 5.04. The predicted molar refractivity (Wildman–Crippen MR) is 93.3 cm³/mol. The standard InChI is InChI=1S/C19H25N3/c1-15(18-9-5-6-13-20-18)10-12-19(3,4)11-7-8-17-14-21-16(2)22-17/h5-10,13-14H,11-12H2,1-4H3,(H,21,22)/b8-7+,15-10+. The number of nitrogens with zero attached hydrogens (tertiary/aromatic N) is 2. The molecule has 0 radical (unpaired) electrons. The van der Waals surface area contributed by atoms with Gasteiger partial charge < -0.3 is 4.98 Å². The SMILES string of the molecule is C/C(=C\CC(C)(C)C/C=C/c1cnc(C)[nH]1)c1ccccn1. The third-order valence-corrected chi connectivity index (χ3v) is 3.72. The van der Waals surface area contributed by atoms with Gasteiger partial charge in [-0.05, 0) is 55.9 Å². The Morgan fingerprint density at radius 2 is 2.05 bits per heavy atom. The number of H-pyrrole nitrogens is 1. The highest BCUT2D eigenvalue weighted by Gasteiger charge is 2.14. The zero-order chi connectivity index (χ0) is 16.0. The minimum atomic E-state index is 0.224. The fourth-order valence-electron chi connectivity index (χ4n) is 2.24. The van der Waals surface area contributed by atoms with Gasteiger partial charge in [0.25, 0.3) is 0 Å². The summed E-state index contributed by atoms with van der Waals surface area (Å²) in [6.07, 6.45) is 12.4. The second-order valence-corrected chi connectivity index (χ2v) is 6.50. The van der Waals surface area contributed by atoms with Crippen molar-refractivity contribution < 1.29 is 0 Å². The number of aromatic amines is 1. The molecule has 22 heavy (non-hydrogen) atoms. The van der Waals surface area contributed by atoms with E-state index in [2.05, 4.69) is 60.0 Å². The van der Waals surface area contributed by atoms with Crippen LogP contribution < -0.4 is 0 Å². The van der Waals surface area contributed by atoms with Crippen LogP contribution >= 0.6 is 0 Å². The van der Waals surface area contributed by atoms with E-state index in [-0.39, 0.29) is 5.41 Å². The normalized spacial score (nSPS) is 13.0. The van der Waals surface area contributed by atoms with E-state index < -0.39 is 0 Å². The van der Waals surface area contributed by atoms with Crippen molar-refractivity contribution in [3.8, 4) is 0 Å². The number of nitrogens with one attached hydrogen (secondary N) is 1. The number of aryl methyl sites for hydroxylation is 1. The van der Waals surface area contributed by atoms with Gasteiger partial charge in [0.05, 0.1) is 17.6 Å². The smallest absolute Gasteiger partial charge is 0.103 e. The molecule has 0 unspecified atom stereocenters. The van der Waals surface area contributed by atoms with Crippen LogP contribution in [-0.2, 0) is 0 Å². The maximum absolute atomic E-state index is 4.39. The molecule has 3 heteroatoms. The molecule has 1 N–H and O–H groups in total. The first-order chi connectivity index (χ1) is 10.5. The fourth-order valence-corrected chi connectivity index (χ4v) is 2.24. The summed E-state index contributed by atoms with van der Waals surface area (Å²) >= 11 is 0. The van der Waals surface area contributed by atoms with Crippen molar-refractivity contribution in [3.05, 3.63) is 60.0 Å². The van der Waals surface area contributed by atoms with Crippen LogP contribution in [-0.4, -0.2) is 15.0 Å². The molecule has 2 aromatic heterocycles. The Morgan fingerprint density at radius 1 is 1.23 bits per heavy atom. The summed E-state index contributed by atoms with van der Waals surface area (Å²) in [5.74, 6) is 0.952. The summed E-state index contributed by atoms with van der Waals surface area (Å²) in [7, 11) is 0. The maximum Gasteiger partial charge on any atom is 0.103 e. The molecule has 0 fully saturated rings. The third-order valence-electron chi connectivity index (χ3n) is 3.72. The van der Waals surface area contributed by atoms with Crippen LogP contribution in [0.2, 0.25) is 0 Å². The van der Waals surface area contributed by atoms with Gasteiger partial charge in [-0.3, -0.25) is 4.98 Å². The summed E-state index contributed by atoms with van der Waals surface area (Å²) in [6, 6.07) is 6.03. The van der Waals surface area contributed by atoms with Crippen LogP contribution in [0.1, 0.15) is 50.8 Å². The molecule has 0 aliphatic rings. The number of hydrogen-bond donors (Lipinski definition) is 1. The van der Waals surface area contributed by atoms with Crippen molar-refractivity contribution in [2.24, 2.45) is 5.41 Å². The van der Waals surface area contributed by atoms with Gasteiger partial charge >= 0.3 is 0 Å². The molecule has 0 aromatic carbocycles. The van der Waals surface area contributed by atoms with Crippen LogP contribution in [0.15, 0.2) is 42.7 Å². The Hall–Kier alpha value is -2.16. The molecule has 0 saturated carbocycles. The lowest BCUT2D eigenvalue weighted by molar-refractivity contribution is 0.378. The average molecular weight is 295 g/mol. The minimum absolute atomic E-state index is 0.224. The number of aromatic nitrogens is 3. The molecule has 0 aliphatic carbocycles. The zero-order valence-electron chi connectivity index (χ0n) is 13.9. The van der Waals surface area contributed by atoms with Gasteiger partial charge in [-0.2, -0.15) is 0 Å². The Labute approximate surface area is 133 Å². The fraction of sp³-hybridized carbons (Fsp3) is 0.368. The van der Waals surface area contributed by atoms with Crippen molar-refractivity contribution >= 4 is 11.6 Å². The molecule has 0 amide bonds. The second-order valence-electron chi connectivity index (χ2n) is 6.50.